The maximum Gasteiger partial charge on any atom is 0.135 e. The van der Waals surface area contributed by atoms with Crippen molar-refractivity contribution in [1.29, 1.82) is 0 Å². The first-order chi connectivity index (χ1) is 7.27. The number of carbonyl (C=O) groups is 1. The number of carbonyl (C=O) groups excluding carboxylic acids is 1. The molecular formula is C14H26O. The summed E-state index contributed by atoms with van der Waals surface area (Å²) in [4.78, 5) is 11.5. The van der Waals surface area contributed by atoms with Gasteiger partial charge in [-0.2, -0.15) is 0 Å². The molecule has 1 nitrogen and oxygen atoms in total. The van der Waals surface area contributed by atoms with Gasteiger partial charge in [-0.3, -0.25) is 4.79 Å². The molecule has 0 unspecified atom stereocenters. The molecule has 0 radical (unpaired) electrons. The fraction of sp³-hybridized carbons (Fsp3) is 0.929. The van der Waals surface area contributed by atoms with Crippen molar-refractivity contribution in [3.8, 4) is 0 Å². The van der Waals surface area contributed by atoms with Crippen molar-refractivity contribution < 1.29 is 4.79 Å². The number of unbranched alkanes of at least 4 members (excludes halogenated alkanes) is 2. The lowest BCUT2D eigenvalue weighted by atomic mass is 9.78. The zero-order valence-electron chi connectivity index (χ0n) is 10.4. The minimum absolute atomic E-state index is 0.414. The summed E-state index contributed by atoms with van der Waals surface area (Å²) >= 11 is 0. The van der Waals surface area contributed by atoms with E-state index in [1.807, 2.05) is 6.92 Å². The molecule has 88 valence electrons. The minimum atomic E-state index is 0.414. The normalized spacial score (nSPS) is 26.5. The Hall–Kier alpha value is -0.330. The Morgan fingerprint density at radius 2 is 1.73 bits per heavy atom. The summed E-state index contributed by atoms with van der Waals surface area (Å²) < 4.78 is 0. The van der Waals surface area contributed by atoms with Gasteiger partial charge in [-0.05, 0) is 31.6 Å². The van der Waals surface area contributed by atoms with Gasteiger partial charge in [0.15, 0.2) is 0 Å². The van der Waals surface area contributed by atoms with Crippen molar-refractivity contribution >= 4 is 5.78 Å². The van der Waals surface area contributed by atoms with Crippen LogP contribution in [0.15, 0.2) is 0 Å². The van der Waals surface area contributed by atoms with E-state index in [0.29, 0.717) is 11.7 Å². The van der Waals surface area contributed by atoms with Gasteiger partial charge in [0.1, 0.15) is 5.78 Å². The Kier molecular flexibility index (Phi) is 5.97. The summed E-state index contributed by atoms with van der Waals surface area (Å²) in [5.74, 6) is 1.84. The molecular weight excluding hydrogens is 184 g/mol. The highest BCUT2D eigenvalue weighted by atomic mass is 16.1. The maximum absolute atomic E-state index is 11.5. The summed E-state index contributed by atoms with van der Waals surface area (Å²) in [6.45, 7) is 4.26. The van der Waals surface area contributed by atoms with Gasteiger partial charge in [0, 0.05) is 12.3 Å². The van der Waals surface area contributed by atoms with Crippen molar-refractivity contribution in [3.63, 3.8) is 0 Å². The highest BCUT2D eigenvalue weighted by Gasteiger charge is 2.24. The standard InChI is InChI=1S/C14H26O/c1-3-5-6-7-12-8-10-13(11-9-12)14(15)4-2/h12-13H,3-11H2,1-2H3/t12-,13-. The molecule has 0 N–H and O–H groups in total. The number of Topliss-reactive ketones (excluding diaryl/α,β-unsaturated/α-hetero) is 1. The van der Waals surface area contributed by atoms with Gasteiger partial charge < -0.3 is 0 Å². The van der Waals surface area contributed by atoms with Crippen LogP contribution in [0.5, 0.6) is 0 Å². The average Bonchev–Trinajstić information content (AvgIpc) is 2.29. The van der Waals surface area contributed by atoms with Crippen molar-refractivity contribution in [2.24, 2.45) is 11.8 Å². The van der Waals surface area contributed by atoms with Crippen molar-refractivity contribution in [1.82, 2.24) is 0 Å². The molecule has 0 aromatic heterocycles. The van der Waals surface area contributed by atoms with Gasteiger partial charge in [0.25, 0.3) is 0 Å². The van der Waals surface area contributed by atoms with Crippen molar-refractivity contribution in [2.75, 3.05) is 0 Å². The third-order valence-electron chi connectivity index (χ3n) is 3.87. The largest absolute Gasteiger partial charge is 0.299 e. The van der Waals surface area contributed by atoms with Crippen LogP contribution in [0.3, 0.4) is 0 Å². The Morgan fingerprint density at radius 3 is 2.27 bits per heavy atom. The average molecular weight is 210 g/mol. The second kappa shape index (κ2) is 7.03. The number of ketones is 1. The highest BCUT2D eigenvalue weighted by Crippen LogP contribution is 2.32. The van der Waals surface area contributed by atoms with E-state index in [9.17, 15) is 4.79 Å². The van der Waals surface area contributed by atoms with Crippen LogP contribution in [0.25, 0.3) is 0 Å². The first-order valence-electron chi connectivity index (χ1n) is 6.80. The van der Waals surface area contributed by atoms with Crippen LogP contribution in [0.1, 0.15) is 71.6 Å². The Bertz CT molecular complexity index is 178. The van der Waals surface area contributed by atoms with Crippen LogP contribution in [-0.2, 0) is 4.79 Å². The molecule has 0 saturated heterocycles. The van der Waals surface area contributed by atoms with Crippen LogP contribution < -0.4 is 0 Å². The lowest BCUT2D eigenvalue weighted by Gasteiger charge is -2.27. The smallest absolute Gasteiger partial charge is 0.135 e. The molecule has 0 spiro atoms. The number of hydrogen-bond acceptors (Lipinski definition) is 1. The molecule has 1 aliphatic rings. The van der Waals surface area contributed by atoms with E-state index in [1.54, 1.807) is 0 Å². The van der Waals surface area contributed by atoms with Gasteiger partial charge in [-0.25, -0.2) is 0 Å². The Morgan fingerprint density at radius 1 is 1.07 bits per heavy atom. The topological polar surface area (TPSA) is 17.1 Å². The Balaban J connectivity index is 2.15. The van der Waals surface area contributed by atoms with E-state index >= 15 is 0 Å². The van der Waals surface area contributed by atoms with Gasteiger partial charge in [-0.1, -0.05) is 39.5 Å². The molecule has 1 fully saturated rings. The monoisotopic (exact) mass is 210 g/mol. The summed E-state index contributed by atoms with van der Waals surface area (Å²) in [5.41, 5.74) is 0. The molecule has 1 rings (SSSR count). The zero-order valence-corrected chi connectivity index (χ0v) is 10.4. The highest BCUT2D eigenvalue weighted by molar-refractivity contribution is 5.80. The van der Waals surface area contributed by atoms with Crippen LogP contribution in [0.2, 0.25) is 0 Å². The SMILES string of the molecule is CCCCC[C@H]1CC[C@H](C(=O)CC)CC1. The lowest BCUT2D eigenvalue weighted by Crippen LogP contribution is -2.21. The molecule has 1 heteroatoms. The molecule has 0 atom stereocenters. The van der Waals surface area contributed by atoms with E-state index in [1.165, 1.54) is 51.4 Å². The second-order valence-corrected chi connectivity index (χ2v) is 5.03. The molecule has 0 aromatic rings. The van der Waals surface area contributed by atoms with Crippen LogP contribution in [0, 0.1) is 11.8 Å². The predicted octanol–water partition coefficient (Wildman–Crippen LogP) is 4.35. The third kappa shape index (κ3) is 4.36. The second-order valence-electron chi connectivity index (χ2n) is 5.03. The molecule has 0 aromatic carbocycles. The predicted molar refractivity (Wildman–Crippen MR) is 64.9 cm³/mol. The zero-order chi connectivity index (χ0) is 11.1. The van der Waals surface area contributed by atoms with Crippen LogP contribution >= 0.6 is 0 Å². The molecule has 0 heterocycles. The van der Waals surface area contributed by atoms with Gasteiger partial charge in [0.2, 0.25) is 0 Å². The summed E-state index contributed by atoms with van der Waals surface area (Å²) in [5, 5.41) is 0. The molecule has 0 aliphatic heterocycles. The van der Waals surface area contributed by atoms with Crippen molar-refractivity contribution in [3.05, 3.63) is 0 Å². The molecule has 0 bridgehead atoms. The molecule has 0 amide bonds. The van der Waals surface area contributed by atoms with E-state index in [2.05, 4.69) is 6.92 Å². The third-order valence-corrected chi connectivity index (χ3v) is 3.87. The lowest BCUT2D eigenvalue weighted by molar-refractivity contribution is -0.123. The molecule has 1 saturated carbocycles. The quantitative estimate of drug-likeness (QED) is 0.596. The number of hydrogen-bond donors (Lipinski definition) is 0. The van der Waals surface area contributed by atoms with Gasteiger partial charge in [0.05, 0.1) is 0 Å². The first kappa shape index (κ1) is 12.7. The summed E-state index contributed by atoms with van der Waals surface area (Å²) in [7, 11) is 0. The van der Waals surface area contributed by atoms with E-state index in [4.69, 9.17) is 0 Å². The molecule has 1 aliphatic carbocycles. The van der Waals surface area contributed by atoms with Crippen molar-refractivity contribution in [2.45, 2.75) is 71.6 Å². The van der Waals surface area contributed by atoms with Crippen LogP contribution in [-0.4, -0.2) is 5.78 Å². The van der Waals surface area contributed by atoms with Crippen LogP contribution in [0.4, 0.5) is 0 Å². The van der Waals surface area contributed by atoms with E-state index in [-0.39, 0.29) is 0 Å². The van der Waals surface area contributed by atoms with Gasteiger partial charge >= 0.3 is 0 Å². The Labute approximate surface area is 94.6 Å². The van der Waals surface area contributed by atoms with E-state index in [0.717, 1.165) is 12.3 Å². The fourth-order valence-corrected chi connectivity index (χ4v) is 2.74. The number of rotatable bonds is 6. The van der Waals surface area contributed by atoms with E-state index < -0.39 is 0 Å². The summed E-state index contributed by atoms with van der Waals surface area (Å²) in [6, 6.07) is 0. The summed E-state index contributed by atoms with van der Waals surface area (Å²) in [6.07, 6.45) is 11.2. The minimum Gasteiger partial charge on any atom is -0.299 e. The van der Waals surface area contributed by atoms with Gasteiger partial charge in [-0.15, -0.1) is 0 Å². The maximum atomic E-state index is 11.5. The first-order valence-corrected chi connectivity index (χ1v) is 6.80. The molecule has 15 heavy (non-hydrogen) atoms. The fourth-order valence-electron chi connectivity index (χ4n) is 2.74.